The summed E-state index contributed by atoms with van der Waals surface area (Å²) in [7, 11) is 2.21. The number of rotatable bonds is 2. The molecule has 1 atom stereocenters. The first-order valence-corrected chi connectivity index (χ1v) is 10.3. The van der Waals surface area contributed by atoms with Crippen molar-refractivity contribution in [2.24, 2.45) is 0 Å². The fourth-order valence-electron chi connectivity index (χ4n) is 4.77. The zero-order valence-corrected chi connectivity index (χ0v) is 16.8. The summed E-state index contributed by atoms with van der Waals surface area (Å²) in [5.41, 5.74) is 8.85. The van der Waals surface area contributed by atoms with Crippen LogP contribution in [-0.4, -0.2) is 33.4 Å². The first-order chi connectivity index (χ1) is 14.7. The van der Waals surface area contributed by atoms with E-state index in [-0.39, 0.29) is 0 Å². The molecular formula is C26H22N4. The van der Waals surface area contributed by atoms with E-state index in [9.17, 15) is 0 Å². The van der Waals surface area contributed by atoms with Gasteiger partial charge in [0.15, 0.2) is 0 Å². The van der Waals surface area contributed by atoms with Gasteiger partial charge in [-0.15, -0.1) is 0 Å². The molecule has 4 heteroatoms. The second kappa shape index (κ2) is 6.78. The molecule has 0 saturated carbocycles. The van der Waals surface area contributed by atoms with Gasteiger partial charge in [0.05, 0.1) is 5.52 Å². The average molecular weight is 390 g/mol. The van der Waals surface area contributed by atoms with E-state index in [1.54, 1.807) is 6.33 Å². The Labute approximate surface area is 175 Å². The number of aromatic nitrogens is 3. The lowest BCUT2D eigenvalue weighted by Crippen LogP contribution is -2.31. The van der Waals surface area contributed by atoms with Gasteiger partial charge in [0.25, 0.3) is 0 Å². The third kappa shape index (κ3) is 2.88. The molecular weight excluding hydrogens is 368 g/mol. The van der Waals surface area contributed by atoms with Crippen LogP contribution < -0.4 is 0 Å². The lowest BCUT2D eigenvalue weighted by Gasteiger charge is -2.33. The van der Waals surface area contributed by atoms with Gasteiger partial charge in [-0.2, -0.15) is 0 Å². The summed E-state index contributed by atoms with van der Waals surface area (Å²) in [4.78, 5) is 14.2. The topological polar surface area (TPSA) is 44.8 Å². The Balaban J connectivity index is 1.43. The first kappa shape index (κ1) is 17.4. The van der Waals surface area contributed by atoms with Crippen LogP contribution in [0.4, 0.5) is 0 Å². The van der Waals surface area contributed by atoms with E-state index in [4.69, 9.17) is 0 Å². The third-order valence-corrected chi connectivity index (χ3v) is 6.27. The minimum Gasteiger partial charge on any atom is -0.361 e. The molecule has 4 nitrogen and oxygen atoms in total. The Kier molecular flexibility index (Phi) is 3.93. The second-order valence-corrected chi connectivity index (χ2v) is 8.28. The lowest BCUT2D eigenvalue weighted by molar-refractivity contribution is 0.295. The first-order valence-electron chi connectivity index (χ1n) is 10.3. The maximum Gasteiger partial charge on any atom is 0.116 e. The minimum absolute atomic E-state index is 0.386. The summed E-state index contributed by atoms with van der Waals surface area (Å²) in [6, 6.07) is 22.3. The number of nitrogens with zero attached hydrogens (tertiary/aromatic N) is 3. The highest BCUT2D eigenvalue weighted by atomic mass is 15.1. The van der Waals surface area contributed by atoms with E-state index in [0.29, 0.717) is 5.92 Å². The highest BCUT2D eigenvalue weighted by Crippen LogP contribution is 2.36. The number of benzene rings is 3. The predicted molar refractivity (Wildman–Crippen MR) is 121 cm³/mol. The summed E-state index contributed by atoms with van der Waals surface area (Å²) >= 11 is 0. The molecule has 1 unspecified atom stereocenters. The number of fused-ring (bicyclic) bond motifs is 3. The summed E-state index contributed by atoms with van der Waals surface area (Å²) < 4.78 is 0. The van der Waals surface area contributed by atoms with Gasteiger partial charge in [-0.3, -0.25) is 0 Å². The molecule has 0 spiro atoms. The maximum atomic E-state index is 4.34. The van der Waals surface area contributed by atoms with E-state index in [0.717, 1.165) is 24.0 Å². The summed E-state index contributed by atoms with van der Waals surface area (Å²) in [5.74, 6) is 0.386. The summed E-state index contributed by atoms with van der Waals surface area (Å²) in [6.07, 6.45) is 5.49. The van der Waals surface area contributed by atoms with Crippen molar-refractivity contribution in [2.75, 3.05) is 13.6 Å². The van der Waals surface area contributed by atoms with Gasteiger partial charge < -0.3 is 9.88 Å². The number of nitrogens with one attached hydrogen (secondary N) is 1. The van der Waals surface area contributed by atoms with Crippen LogP contribution in [0.1, 0.15) is 22.6 Å². The molecule has 2 aromatic heterocycles. The van der Waals surface area contributed by atoms with Crippen LogP contribution in [0.15, 0.2) is 79.4 Å². The predicted octanol–water partition coefficient (Wildman–Crippen LogP) is 5.36. The molecule has 6 rings (SSSR count). The van der Waals surface area contributed by atoms with Crippen LogP contribution in [0.5, 0.6) is 0 Å². The van der Waals surface area contributed by atoms with Gasteiger partial charge in [-0.25, -0.2) is 9.97 Å². The highest BCUT2D eigenvalue weighted by Gasteiger charge is 2.25. The molecule has 5 aromatic rings. The van der Waals surface area contributed by atoms with Crippen molar-refractivity contribution in [2.45, 2.75) is 12.5 Å². The molecule has 30 heavy (non-hydrogen) atoms. The van der Waals surface area contributed by atoms with Crippen molar-refractivity contribution in [1.29, 1.82) is 0 Å². The summed E-state index contributed by atoms with van der Waals surface area (Å²) in [6.45, 7) is 2.01. The van der Waals surface area contributed by atoms with Crippen molar-refractivity contribution in [1.82, 2.24) is 19.9 Å². The Morgan fingerprint density at radius 3 is 2.80 bits per heavy atom. The van der Waals surface area contributed by atoms with Crippen LogP contribution in [0.2, 0.25) is 0 Å². The number of H-pyrrole nitrogens is 1. The molecule has 0 radical (unpaired) electrons. The Bertz CT molecular complexity index is 1380. The molecule has 0 saturated heterocycles. The van der Waals surface area contributed by atoms with E-state index in [2.05, 4.69) is 87.6 Å². The molecule has 0 amide bonds. The summed E-state index contributed by atoms with van der Waals surface area (Å²) in [5, 5.41) is 2.35. The second-order valence-electron chi connectivity index (χ2n) is 8.28. The van der Waals surface area contributed by atoms with Crippen molar-refractivity contribution >= 4 is 21.8 Å². The molecule has 3 heterocycles. The zero-order chi connectivity index (χ0) is 20.1. The van der Waals surface area contributed by atoms with Crippen LogP contribution in [-0.2, 0) is 6.54 Å². The number of likely N-dealkylation sites (N-methyl/N-ethyl adjacent to an activating group) is 1. The molecule has 0 fully saturated rings. The molecule has 1 aliphatic heterocycles. The highest BCUT2D eigenvalue weighted by molar-refractivity contribution is 5.84. The maximum absolute atomic E-state index is 4.34. The van der Waals surface area contributed by atoms with Crippen molar-refractivity contribution < 1.29 is 0 Å². The zero-order valence-electron chi connectivity index (χ0n) is 16.8. The van der Waals surface area contributed by atoms with Crippen molar-refractivity contribution in [3.8, 4) is 11.1 Å². The van der Waals surface area contributed by atoms with Gasteiger partial charge >= 0.3 is 0 Å². The van der Waals surface area contributed by atoms with Gasteiger partial charge in [0.2, 0.25) is 0 Å². The van der Waals surface area contributed by atoms with Gasteiger partial charge in [-0.05, 0) is 76.6 Å². The molecule has 1 N–H and O–H groups in total. The standard InChI is InChI=1S/C26H22N4/c1-30-14-22-11-17(18-3-6-26-21(10-18)13-27-16-29-26)2-5-23(22)24(15-30)19-4-7-25-20(12-19)8-9-28-25/h2-13,16,24,28H,14-15H2,1H3. The van der Waals surface area contributed by atoms with Crippen molar-refractivity contribution in [3.63, 3.8) is 0 Å². The van der Waals surface area contributed by atoms with Gasteiger partial charge in [0, 0.05) is 42.3 Å². The van der Waals surface area contributed by atoms with Crippen LogP contribution >= 0.6 is 0 Å². The number of hydrogen-bond acceptors (Lipinski definition) is 3. The number of aromatic amines is 1. The Morgan fingerprint density at radius 2 is 1.83 bits per heavy atom. The van der Waals surface area contributed by atoms with E-state index < -0.39 is 0 Å². The van der Waals surface area contributed by atoms with E-state index in [1.165, 1.54) is 38.7 Å². The molecule has 146 valence electrons. The number of hydrogen-bond donors (Lipinski definition) is 1. The van der Waals surface area contributed by atoms with E-state index in [1.807, 2.05) is 12.4 Å². The molecule has 0 aliphatic carbocycles. The van der Waals surface area contributed by atoms with Gasteiger partial charge in [0.1, 0.15) is 6.33 Å². The van der Waals surface area contributed by atoms with Crippen LogP contribution in [0.3, 0.4) is 0 Å². The quantitative estimate of drug-likeness (QED) is 0.442. The Morgan fingerprint density at radius 1 is 0.933 bits per heavy atom. The lowest BCUT2D eigenvalue weighted by atomic mass is 9.83. The SMILES string of the molecule is CN1Cc2cc(-c3ccc4ncncc4c3)ccc2C(c2ccc3[nH]ccc3c2)C1. The average Bonchev–Trinajstić information content (AvgIpc) is 3.25. The third-order valence-electron chi connectivity index (χ3n) is 6.27. The molecule has 0 bridgehead atoms. The fourth-order valence-corrected chi connectivity index (χ4v) is 4.77. The van der Waals surface area contributed by atoms with E-state index >= 15 is 0 Å². The van der Waals surface area contributed by atoms with Crippen LogP contribution in [0, 0.1) is 0 Å². The smallest absolute Gasteiger partial charge is 0.116 e. The van der Waals surface area contributed by atoms with Gasteiger partial charge in [-0.1, -0.05) is 24.3 Å². The fraction of sp³-hybridized carbons (Fsp3) is 0.154. The molecule has 1 aliphatic rings. The monoisotopic (exact) mass is 390 g/mol. The minimum atomic E-state index is 0.386. The normalized spacial score (nSPS) is 16.8. The largest absolute Gasteiger partial charge is 0.361 e. The van der Waals surface area contributed by atoms with Crippen molar-refractivity contribution in [3.05, 3.63) is 96.1 Å². The Hall–Kier alpha value is -3.50. The molecule has 3 aromatic carbocycles. The van der Waals surface area contributed by atoms with Crippen LogP contribution in [0.25, 0.3) is 32.9 Å².